The number of hydrogen-bond donors (Lipinski definition) is 6. The van der Waals surface area contributed by atoms with E-state index in [-0.39, 0.29) is 47.8 Å². The average molecular weight is 1300 g/mol. The molecule has 4 rings (SSSR count). The predicted molar refractivity (Wildman–Crippen MR) is 372 cm³/mol. The second-order valence-corrected chi connectivity index (χ2v) is 23.5. The molecule has 510 valence electrons. The highest BCUT2D eigenvalue weighted by atomic mass is 16.5. The molecule has 1 aliphatic carbocycles. The molecule has 6 amide bonds. The first-order valence-electron chi connectivity index (χ1n) is 33.8. The summed E-state index contributed by atoms with van der Waals surface area (Å²) in [4.78, 5) is 80.0. The Morgan fingerprint density at radius 2 is 0.611 bits per heavy atom. The molecular formula is C77H100N6O12. The monoisotopic (exact) mass is 1300 g/mol. The highest BCUT2D eigenvalue weighted by molar-refractivity contribution is 5.97. The minimum absolute atomic E-state index is 0.152. The molecule has 95 heavy (non-hydrogen) atoms. The minimum Gasteiger partial charge on any atom is -0.493 e. The molecule has 1 unspecified atom stereocenters. The molecule has 1 fully saturated rings. The van der Waals surface area contributed by atoms with E-state index in [9.17, 15) is 19.2 Å². The van der Waals surface area contributed by atoms with Crippen LogP contribution >= 0.6 is 0 Å². The van der Waals surface area contributed by atoms with Crippen molar-refractivity contribution in [2.75, 3.05) is 59.3 Å². The average Bonchev–Trinajstić information content (AvgIpc) is 0.843. The van der Waals surface area contributed by atoms with Gasteiger partial charge in [-0.15, -0.1) is 74.1 Å². The van der Waals surface area contributed by atoms with Crippen molar-refractivity contribution < 1.29 is 57.2 Å². The van der Waals surface area contributed by atoms with E-state index in [2.05, 4.69) is 67.4 Å². The van der Waals surface area contributed by atoms with Crippen LogP contribution in [0.4, 0.5) is 0 Å². The van der Waals surface area contributed by atoms with E-state index in [1.54, 1.807) is 36.4 Å². The van der Waals surface area contributed by atoms with Crippen LogP contribution in [-0.4, -0.2) is 113 Å². The van der Waals surface area contributed by atoms with Gasteiger partial charge in [-0.3, -0.25) is 28.8 Å². The van der Waals surface area contributed by atoms with Gasteiger partial charge in [-0.05, 0) is 171 Å². The first-order valence-corrected chi connectivity index (χ1v) is 33.8. The fourth-order valence-electron chi connectivity index (χ4n) is 10.8. The quantitative estimate of drug-likeness (QED) is 0.0176. The van der Waals surface area contributed by atoms with Gasteiger partial charge in [0.15, 0.2) is 0 Å². The van der Waals surface area contributed by atoms with Gasteiger partial charge < -0.3 is 60.3 Å². The van der Waals surface area contributed by atoms with Crippen molar-refractivity contribution >= 4 is 35.9 Å². The van der Waals surface area contributed by atoms with E-state index in [1.807, 2.05) is 0 Å². The Morgan fingerprint density at radius 3 is 0.821 bits per heavy atom. The summed E-state index contributed by atoms with van der Waals surface area (Å²) in [6.07, 6.45) is 49.8. The van der Waals surface area contributed by atoms with E-state index in [0.29, 0.717) is 216 Å². The van der Waals surface area contributed by atoms with Crippen molar-refractivity contribution in [3.63, 3.8) is 0 Å². The molecule has 0 heterocycles. The SMILES string of the molecule is C#CCCCCOc1cc(C(=O)NC2C[C@@H](NC(=O)c3cc(OCCCCC#C)c(CCCNC(C)=O)c(OCCCCC#C)c3)C[C@@H](NC(=O)c3cc(OCCCCC#C)c(CCCNC(C)=O)c(OCCCCC#C)c3)C2)cc(OCCCCC#C)c1CCCNC=O. The summed E-state index contributed by atoms with van der Waals surface area (Å²) >= 11 is 0. The highest BCUT2D eigenvalue weighted by Crippen LogP contribution is 2.37. The standard InChI is InChI=1S/C77H100N6O12/c1-9-15-21-27-42-90-69-48-60(49-70(91-43-28-22-16-10-2)66(69)36-33-39-78-57-84)75(87)81-63-54-64(82-76(88)61-50-71(92-44-29-23-17-11-3)67(37-34-40-79-58(7)85)72(51-61)93-45-30-24-18-12-4)56-65(55-63)83-77(89)62-52-73(94-46-31-25-19-13-5)68(38-35-41-80-59(8)86)74(53-62)95-47-32-26-20-14-6/h1-6,48-53,57,63-65H,15-47,54-56H2,7-8H3,(H,78,84)(H,79,85)(H,80,86)(H,81,87)(H,82,88)(H,83,89)/t63?,64-,65+. The van der Waals surface area contributed by atoms with Crippen LogP contribution in [0.5, 0.6) is 34.5 Å². The molecule has 0 spiro atoms. The fourth-order valence-corrected chi connectivity index (χ4v) is 10.8. The van der Waals surface area contributed by atoms with Gasteiger partial charge in [0.1, 0.15) is 34.5 Å². The number of carbonyl (C=O) groups is 6. The van der Waals surface area contributed by atoms with E-state index in [4.69, 9.17) is 67.0 Å². The van der Waals surface area contributed by atoms with Crippen LogP contribution in [0.25, 0.3) is 0 Å². The van der Waals surface area contributed by atoms with Crippen LogP contribution in [0.3, 0.4) is 0 Å². The lowest BCUT2D eigenvalue weighted by Crippen LogP contribution is -2.53. The lowest BCUT2D eigenvalue weighted by molar-refractivity contribution is -0.119. The predicted octanol–water partition coefficient (Wildman–Crippen LogP) is 10.5. The summed E-state index contributed by atoms with van der Waals surface area (Å²) in [5, 5.41) is 18.2. The molecule has 0 aromatic heterocycles. The number of terminal acetylenes is 6. The number of amides is 6. The Bertz CT molecular complexity index is 2890. The van der Waals surface area contributed by atoms with Crippen LogP contribution in [0, 0.1) is 74.1 Å². The number of benzene rings is 3. The molecule has 3 aromatic carbocycles. The second kappa shape index (κ2) is 47.5. The molecule has 1 aliphatic rings. The normalized spacial score (nSPS) is 13.7. The first-order chi connectivity index (χ1) is 46.3. The van der Waals surface area contributed by atoms with Gasteiger partial charge in [0.25, 0.3) is 17.7 Å². The summed E-state index contributed by atoms with van der Waals surface area (Å²) in [5.41, 5.74) is 3.01. The number of carbonyl (C=O) groups excluding carboxylic acids is 6. The van der Waals surface area contributed by atoms with Gasteiger partial charge in [0, 0.05) is 124 Å². The Hall–Kier alpha value is -9.36. The molecule has 0 saturated heterocycles. The van der Waals surface area contributed by atoms with Gasteiger partial charge in [0.05, 0.1) is 39.6 Å². The van der Waals surface area contributed by atoms with Crippen LogP contribution in [0.15, 0.2) is 36.4 Å². The van der Waals surface area contributed by atoms with E-state index >= 15 is 9.59 Å². The fraction of sp³-hybridized carbons (Fsp3) is 0.532. The summed E-state index contributed by atoms with van der Waals surface area (Å²) in [6.45, 7) is 6.08. The maximum Gasteiger partial charge on any atom is 0.251 e. The summed E-state index contributed by atoms with van der Waals surface area (Å²) < 4.78 is 38.7. The number of nitrogens with one attached hydrogen (secondary N) is 6. The number of rotatable bonds is 49. The van der Waals surface area contributed by atoms with Crippen LogP contribution in [0.2, 0.25) is 0 Å². The topological polar surface area (TPSA) is 230 Å². The van der Waals surface area contributed by atoms with Gasteiger partial charge in [0.2, 0.25) is 18.2 Å². The molecule has 3 atom stereocenters. The van der Waals surface area contributed by atoms with E-state index in [1.165, 1.54) is 13.8 Å². The Kier molecular flexibility index (Phi) is 39.0. The zero-order chi connectivity index (χ0) is 68.7. The van der Waals surface area contributed by atoms with E-state index < -0.39 is 35.8 Å². The number of unbranched alkanes of at least 4 members (excludes halogenated alkanes) is 12. The molecule has 0 bridgehead atoms. The summed E-state index contributed by atoms with van der Waals surface area (Å²) in [7, 11) is 0. The van der Waals surface area contributed by atoms with Crippen molar-refractivity contribution in [1.29, 1.82) is 0 Å². The smallest absolute Gasteiger partial charge is 0.251 e. The molecule has 6 N–H and O–H groups in total. The first kappa shape index (κ1) is 78.1. The van der Waals surface area contributed by atoms with Crippen molar-refractivity contribution in [1.82, 2.24) is 31.9 Å². The number of ether oxygens (including phenoxy) is 6. The van der Waals surface area contributed by atoms with Crippen molar-refractivity contribution in [2.45, 2.75) is 205 Å². The van der Waals surface area contributed by atoms with Crippen molar-refractivity contribution in [3.05, 3.63) is 69.8 Å². The highest BCUT2D eigenvalue weighted by Gasteiger charge is 2.34. The molecule has 18 heteroatoms. The third kappa shape index (κ3) is 31.0. The molecule has 18 nitrogen and oxygen atoms in total. The Balaban J connectivity index is 1.85. The van der Waals surface area contributed by atoms with Gasteiger partial charge in [-0.25, -0.2) is 0 Å². The van der Waals surface area contributed by atoms with Crippen molar-refractivity contribution in [3.8, 4) is 109 Å². The number of hydrogen-bond acceptors (Lipinski definition) is 12. The largest absolute Gasteiger partial charge is 0.493 e. The Morgan fingerprint density at radius 1 is 0.379 bits per heavy atom. The van der Waals surface area contributed by atoms with Crippen LogP contribution in [0.1, 0.15) is 216 Å². The minimum atomic E-state index is -0.619. The summed E-state index contributed by atoms with van der Waals surface area (Å²) in [5.74, 6) is 17.1. The van der Waals surface area contributed by atoms with Crippen LogP contribution in [-0.2, 0) is 33.6 Å². The molecule has 3 aromatic rings. The molecule has 0 radical (unpaired) electrons. The second-order valence-electron chi connectivity index (χ2n) is 23.5. The molecular weight excluding hydrogens is 1200 g/mol. The third-order valence-corrected chi connectivity index (χ3v) is 15.6. The third-order valence-electron chi connectivity index (χ3n) is 15.6. The Labute approximate surface area is 565 Å². The van der Waals surface area contributed by atoms with Gasteiger partial charge in [-0.1, -0.05) is 0 Å². The molecule has 0 aliphatic heterocycles. The zero-order valence-corrected chi connectivity index (χ0v) is 56.1. The maximum absolute atomic E-state index is 15.0. The van der Waals surface area contributed by atoms with Gasteiger partial charge >= 0.3 is 0 Å². The van der Waals surface area contributed by atoms with Gasteiger partial charge in [-0.2, -0.15) is 0 Å². The zero-order valence-electron chi connectivity index (χ0n) is 56.1. The lowest BCUT2D eigenvalue weighted by Gasteiger charge is -2.36. The van der Waals surface area contributed by atoms with E-state index in [0.717, 1.165) is 55.2 Å². The summed E-state index contributed by atoms with van der Waals surface area (Å²) in [6, 6.07) is 8.36. The van der Waals surface area contributed by atoms with Crippen molar-refractivity contribution in [2.24, 2.45) is 0 Å². The maximum atomic E-state index is 15.0. The van der Waals surface area contributed by atoms with Crippen LogP contribution < -0.4 is 60.3 Å². The molecule has 1 saturated carbocycles. The lowest BCUT2D eigenvalue weighted by atomic mass is 9.86.